The Morgan fingerprint density at radius 1 is 1.24 bits per heavy atom. The number of halogens is 1. The first-order valence-corrected chi connectivity index (χ1v) is 10.5. The third kappa shape index (κ3) is 4.14. The summed E-state index contributed by atoms with van der Waals surface area (Å²) < 4.78 is 52.6. The molecular weight excluding hydrogens is 399 g/mol. The van der Waals surface area contributed by atoms with Gasteiger partial charge in [0.25, 0.3) is 10.0 Å². The summed E-state index contributed by atoms with van der Waals surface area (Å²) in [4.78, 5) is 13.8. The fourth-order valence-electron chi connectivity index (χ4n) is 2.99. The van der Waals surface area contributed by atoms with Crippen LogP contribution in [0.15, 0.2) is 41.3 Å². The minimum Gasteiger partial charge on any atom is -0.491 e. The quantitative estimate of drug-likeness (QED) is 0.798. The predicted molar refractivity (Wildman–Crippen MR) is 108 cm³/mol. The summed E-state index contributed by atoms with van der Waals surface area (Å²) in [5.41, 5.74) is 0.0574. The number of benzene rings is 2. The van der Waals surface area contributed by atoms with Gasteiger partial charge >= 0.3 is 0 Å². The third-order valence-electron chi connectivity index (χ3n) is 4.56. The highest BCUT2D eigenvalue weighted by Crippen LogP contribution is 2.37. The monoisotopic (exact) mass is 422 g/mol. The number of ether oxygens (including phenoxy) is 2. The molecule has 1 aliphatic heterocycles. The molecular formula is C20H23FN2O5S. The fraction of sp³-hybridized carbons (Fsp3) is 0.350. The highest BCUT2D eigenvalue weighted by molar-refractivity contribution is 7.92. The summed E-state index contributed by atoms with van der Waals surface area (Å²) >= 11 is 0. The molecule has 0 fully saturated rings. The number of nitrogens with zero attached hydrogens (tertiary/aromatic N) is 1. The van der Waals surface area contributed by atoms with Crippen LogP contribution in [0.3, 0.4) is 0 Å². The topological polar surface area (TPSA) is 84.9 Å². The van der Waals surface area contributed by atoms with E-state index in [0.29, 0.717) is 11.4 Å². The van der Waals surface area contributed by atoms with E-state index in [1.54, 1.807) is 33.9 Å². The lowest BCUT2D eigenvalue weighted by Gasteiger charge is -2.24. The van der Waals surface area contributed by atoms with Crippen molar-refractivity contribution in [2.45, 2.75) is 25.7 Å². The van der Waals surface area contributed by atoms with Crippen LogP contribution in [0.4, 0.5) is 15.8 Å². The molecule has 0 saturated heterocycles. The average molecular weight is 422 g/mol. The van der Waals surface area contributed by atoms with Crippen LogP contribution in [0.5, 0.6) is 11.5 Å². The number of fused-ring (bicyclic) bond motifs is 1. The van der Waals surface area contributed by atoms with Crippen LogP contribution in [0, 0.1) is 11.2 Å². The molecule has 0 saturated carbocycles. The summed E-state index contributed by atoms with van der Waals surface area (Å²) in [6.45, 7) is 5.69. The lowest BCUT2D eigenvalue weighted by molar-refractivity contribution is -0.127. The van der Waals surface area contributed by atoms with Crippen LogP contribution in [0.25, 0.3) is 0 Å². The van der Waals surface area contributed by atoms with Crippen molar-refractivity contribution >= 4 is 27.3 Å². The maximum absolute atomic E-state index is 14.1. The predicted octanol–water partition coefficient (Wildman–Crippen LogP) is 3.41. The number of carbonyl (C=O) groups excluding carboxylic acids is 1. The number of nitrogens with one attached hydrogen (secondary N) is 1. The van der Waals surface area contributed by atoms with Crippen molar-refractivity contribution in [3.05, 3.63) is 42.2 Å². The maximum Gasteiger partial charge on any atom is 0.262 e. The molecule has 0 aliphatic carbocycles. The minimum atomic E-state index is -4.03. The van der Waals surface area contributed by atoms with Gasteiger partial charge in [0.05, 0.1) is 28.3 Å². The van der Waals surface area contributed by atoms with E-state index in [2.05, 4.69) is 4.72 Å². The number of rotatable bonds is 5. The number of hydrogen-bond acceptors (Lipinski definition) is 5. The van der Waals surface area contributed by atoms with E-state index in [1.165, 1.54) is 29.2 Å². The number of anilines is 2. The van der Waals surface area contributed by atoms with E-state index in [1.807, 2.05) is 0 Å². The Morgan fingerprint density at radius 3 is 2.62 bits per heavy atom. The fourth-order valence-corrected chi connectivity index (χ4v) is 4.05. The van der Waals surface area contributed by atoms with Gasteiger partial charge in [-0.25, -0.2) is 12.8 Å². The maximum atomic E-state index is 14.1. The standard InChI is InChI=1S/C20H23FN2O5S/c1-5-27-17-9-7-14(11-15(17)21)29(25,26)22-13-6-8-16-18(10-13)28-12-20(2,3)19(24)23(16)4/h6-11,22H,5,12H2,1-4H3. The molecule has 0 radical (unpaired) electrons. The van der Waals surface area contributed by atoms with Crippen LogP contribution in [-0.4, -0.2) is 34.6 Å². The van der Waals surface area contributed by atoms with Crippen molar-refractivity contribution < 1.29 is 27.1 Å². The van der Waals surface area contributed by atoms with Gasteiger partial charge in [-0.3, -0.25) is 9.52 Å². The molecule has 156 valence electrons. The van der Waals surface area contributed by atoms with Gasteiger partial charge in [0.15, 0.2) is 11.6 Å². The molecule has 9 heteroatoms. The van der Waals surface area contributed by atoms with Gasteiger partial charge < -0.3 is 14.4 Å². The molecule has 2 aromatic rings. The van der Waals surface area contributed by atoms with E-state index in [4.69, 9.17) is 9.47 Å². The molecule has 3 rings (SSSR count). The van der Waals surface area contributed by atoms with Crippen molar-refractivity contribution in [1.82, 2.24) is 0 Å². The summed E-state index contributed by atoms with van der Waals surface area (Å²) in [5, 5.41) is 0. The van der Waals surface area contributed by atoms with E-state index >= 15 is 0 Å². The average Bonchev–Trinajstić information content (AvgIpc) is 2.74. The highest BCUT2D eigenvalue weighted by Gasteiger charge is 2.36. The molecule has 7 nitrogen and oxygen atoms in total. The Hall–Kier alpha value is -2.81. The molecule has 0 unspecified atom stereocenters. The van der Waals surface area contributed by atoms with Gasteiger partial charge in [0.1, 0.15) is 12.4 Å². The summed E-state index contributed by atoms with van der Waals surface area (Å²) in [6.07, 6.45) is 0. The van der Waals surface area contributed by atoms with Gasteiger partial charge in [-0.05, 0) is 51.1 Å². The SMILES string of the molecule is CCOc1ccc(S(=O)(=O)Nc2ccc3c(c2)OCC(C)(C)C(=O)N3C)cc1F. The second-order valence-corrected chi connectivity index (χ2v) is 9.03. The van der Waals surface area contributed by atoms with Crippen LogP contribution in [0.2, 0.25) is 0 Å². The highest BCUT2D eigenvalue weighted by atomic mass is 32.2. The Balaban J connectivity index is 1.89. The second kappa shape index (κ2) is 7.55. The molecule has 1 heterocycles. The van der Waals surface area contributed by atoms with Crippen LogP contribution < -0.4 is 19.1 Å². The number of carbonyl (C=O) groups is 1. The minimum absolute atomic E-state index is 0.0137. The van der Waals surface area contributed by atoms with Gasteiger partial charge in [-0.15, -0.1) is 0 Å². The zero-order valence-corrected chi connectivity index (χ0v) is 17.5. The molecule has 2 aromatic carbocycles. The summed E-state index contributed by atoms with van der Waals surface area (Å²) in [6, 6.07) is 8.07. The lowest BCUT2D eigenvalue weighted by Crippen LogP contribution is -2.39. The van der Waals surface area contributed by atoms with Crippen molar-refractivity contribution in [2.75, 3.05) is 29.9 Å². The largest absolute Gasteiger partial charge is 0.491 e. The van der Waals surface area contributed by atoms with E-state index < -0.39 is 21.3 Å². The van der Waals surface area contributed by atoms with Gasteiger partial charge in [0.2, 0.25) is 5.91 Å². The molecule has 1 N–H and O–H groups in total. The molecule has 0 spiro atoms. The van der Waals surface area contributed by atoms with E-state index in [0.717, 1.165) is 6.07 Å². The van der Waals surface area contributed by atoms with Crippen LogP contribution in [-0.2, 0) is 14.8 Å². The van der Waals surface area contributed by atoms with Gasteiger partial charge in [-0.1, -0.05) is 0 Å². The zero-order valence-electron chi connectivity index (χ0n) is 16.7. The van der Waals surface area contributed by atoms with Crippen molar-refractivity contribution in [3.8, 4) is 11.5 Å². The Kier molecular flexibility index (Phi) is 5.44. The molecule has 0 atom stereocenters. The normalized spacial score (nSPS) is 15.9. The zero-order chi connectivity index (χ0) is 21.4. The van der Waals surface area contributed by atoms with Crippen LogP contribution >= 0.6 is 0 Å². The van der Waals surface area contributed by atoms with E-state index in [-0.39, 0.29) is 35.5 Å². The molecule has 0 aromatic heterocycles. The smallest absolute Gasteiger partial charge is 0.262 e. The third-order valence-corrected chi connectivity index (χ3v) is 5.94. The first-order valence-electron chi connectivity index (χ1n) is 9.05. The van der Waals surface area contributed by atoms with Crippen LogP contribution in [0.1, 0.15) is 20.8 Å². The first-order chi connectivity index (χ1) is 13.5. The summed E-state index contributed by atoms with van der Waals surface area (Å²) in [7, 11) is -2.39. The number of amides is 1. The number of sulfonamides is 1. The van der Waals surface area contributed by atoms with E-state index in [9.17, 15) is 17.6 Å². The van der Waals surface area contributed by atoms with Gasteiger partial charge in [0, 0.05) is 13.1 Å². The summed E-state index contributed by atoms with van der Waals surface area (Å²) in [5.74, 6) is -0.499. The number of hydrogen-bond donors (Lipinski definition) is 1. The van der Waals surface area contributed by atoms with Crippen molar-refractivity contribution in [3.63, 3.8) is 0 Å². The Bertz CT molecular complexity index is 1050. The molecule has 1 amide bonds. The lowest BCUT2D eigenvalue weighted by atomic mass is 9.93. The second-order valence-electron chi connectivity index (χ2n) is 7.35. The Labute approximate surface area is 169 Å². The Morgan fingerprint density at radius 2 is 1.97 bits per heavy atom. The van der Waals surface area contributed by atoms with Crippen molar-refractivity contribution in [1.29, 1.82) is 0 Å². The molecule has 1 aliphatic rings. The first kappa shape index (κ1) is 20.9. The molecule has 29 heavy (non-hydrogen) atoms. The molecule has 0 bridgehead atoms. The van der Waals surface area contributed by atoms with Gasteiger partial charge in [-0.2, -0.15) is 0 Å². The van der Waals surface area contributed by atoms with Crippen molar-refractivity contribution in [2.24, 2.45) is 5.41 Å².